The molecule has 0 aromatic rings. The Bertz CT molecular complexity index is 211. The van der Waals surface area contributed by atoms with Gasteiger partial charge < -0.3 is 14.2 Å². The third-order valence-electron chi connectivity index (χ3n) is 1.66. The van der Waals surface area contributed by atoms with Crippen LogP contribution in [-0.4, -0.2) is 39.0 Å². The molecule has 0 aliphatic heterocycles. The van der Waals surface area contributed by atoms with Crippen LogP contribution in [0.5, 0.6) is 0 Å². The predicted molar refractivity (Wildman–Crippen MR) is 62.2 cm³/mol. The Hall–Kier alpha value is -0.870. The summed E-state index contributed by atoms with van der Waals surface area (Å²) in [6.07, 6.45) is 0. The van der Waals surface area contributed by atoms with E-state index in [9.17, 15) is 4.79 Å². The van der Waals surface area contributed by atoms with E-state index in [1.807, 2.05) is 0 Å². The van der Waals surface area contributed by atoms with Crippen molar-refractivity contribution in [1.29, 1.82) is 0 Å². The van der Waals surface area contributed by atoms with Gasteiger partial charge in [0.15, 0.2) is 0 Å². The fourth-order valence-electron chi connectivity index (χ4n) is 0.924. The van der Waals surface area contributed by atoms with Crippen LogP contribution in [0.15, 0.2) is 12.2 Å². The molecule has 16 heavy (non-hydrogen) atoms. The van der Waals surface area contributed by atoms with Gasteiger partial charge in [-0.05, 0) is 12.8 Å². The zero-order valence-corrected chi connectivity index (χ0v) is 10.5. The van der Waals surface area contributed by atoms with Gasteiger partial charge in [-0.15, -0.1) is 0 Å². The fraction of sp³-hybridized carbons (Fsp3) is 0.750. The van der Waals surface area contributed by atoms with Crippen molar-refractivity contribution in [2.75, 3.05) is 33.0 Å². The fourth-order valence-corrected chi connectivity index (χ4v) is 0.924. The third kappa shape index (κ3) is 8.44. The molecule has 0 amide bonds. The number of hydrogen-bond acceptors (Lipinski definition) is 4. The number of carbonyl (C=O) groups excluding carboxylic acids is 1. The van der Waals surface area contributed by atoms with E-state index in [2.05, 4.69) is 20.4 Å². The molecule has 0 saturated carbocycles. The van der Waals surface area contributed by atoms with Crippen molar-refractivity contribution in [1.82, 2.24) is 0 Å². The van der Waals surface area contributed by atoms with Crippen molar-refractivity contribution < 1.29 is 19.0 Å². The van der Waals surface area contributed by atoms with Crippen LogP contribution in [0.3, 0.4) is 0 Å². The van der Waals surface area contributed by atoms with E-state index in [0.717, 1.165) is 6.61 Å². The number of rotatable bonds is 9. The molecule has 0 heterocycles. The molecule has 0 rings (SSSR count). The number of esters is 1. The van der Waals surface area contributed by atoms with Gasteiger partial charge in [0.2, 0.25) is 0 Å². The summed E-state index contributed by atoms with van der Waals surface area (Å²) in [6, 6.07) is 0. The zero-order chi connectivity index (χ0) is 12.4. The maximum atomic E-state index is 11.1. The monoisotopic (exact) mass is 230 g/mol. The highest BCUT2D eigenvalue weighted by atomic mass is 16.5. The molecule has 4 heteroatoms. The molecule has 0 spiro atoms. The van der Waals surface area contributed by atoms with Gasteiger partial charge in [0, 0.05) is 6.61 Å². The summed E-state index contributed by atoms with van der Waals surface area (Å²) < 4.78 is 15.3. The average Bonchev–Trinajstić information content (AvgIpc) is 2.22. The molecular weight excluding hydrogens is 208 g/mol. The molecule has 0 aromatic heterocycles. The Morgan fingerprint density at radius 2 is 1.88 bits per heavy atom. The van der Waals surface area contributed by atoms with E-state index in [0.29, 0.717) is 31.3 Å². The van der Waals surface area contributed by atoms with Gasteiger partial charge >= 0.3 is 5.97 Å². The summed E-state index contributed by atoms with van der Waals surface area (Å²) in [5.74, 6) is 0.125. The highest BCUT2D eigenvalue weighted by molar-refractivity contribution is 5.87. The topological polar surface area (TPSA) is 44.8 Å². The van der Waals surface area contributed by atoms with Crippen molar-refractivity contribution in [3.63, 3.8) is 0 Å². The Kier molecular flexibility index (Phi) is 8.85. The first-order valence-corrected chi connectivity index (χ1v) is 5.58. The maximum Gasteiger partial charge on any atom is 0.335 e. The molecule has 0 fully saturated rings. The lowest BCUT2D eigenvalue weighted by Gasteiger charge is -2.08. The van der Waals surface area contributed by atoms with Gasteiger partial charge in [-0.3, -0.25) is 0 Å². The highest BCUT2D eigenvalue weighted by Crippen LogP contribution is 1.96. The van der Waals surface area contributed by atoms with Crippen LogP contribution in [0, 0.1) is 5.92 Å². The summed E-state index contributed by atoms with van der Waals surface area (Å²) in [5, 5.41) is 0. The van der Waals surface area contributed by atoms with Crippen LogP contribution < -0.4 is 0 Å². The van der Waals surface area contributed by atoms with E-state index in [4.69, 9.17) is 14.2 Å². The number of ether oxygens (including phenoxy) is 3. The second kappa shape index (κ2) is 9.36. The largest absolute Gasteiger partial charge is 0.463 e. The van der Waals surface area contributed by atoms with Crippen LogP contribution in [0.1, 0.15) is 20.8 Å². The maximum absolute atomic E-state index is 11.1. The molecule has 0 saturated heterocycles. The molecule has 94 valence electrons. The SMILES string of the molecule is C=C(COCCOCC(C)C)C(=O)OCC. The molecule has 0 radical (unpaired) electrons. The van der Waals surface area contributed by atoms with Crippen LogP contribution in [0.2, 0.25) is 0 Å². The summed E-state index contributed by atoms with van der Waals surface area (Å²) in [6.45, 7) is 11.8. The number of carbonyl (C=O) groups is 1. The molecule has 0 N–H and O–H groups in total. The smallest absolute Gasteiger partial charge is 0.335 e. The molecule has 0 aromatic carbocycles. The van der Waals surface area contributed by atoms with Crippen molar-refractivity contribution >= 4 is 5.97 Å². The lowest BCUT2D eigenvalue weighted by Crippen LogP contribution is -2.14. The van der Waals surface area contributed by atoms with Crippen LogP contribution in [0.25, 0.3) is 0 Å². The first-order chi connectivity index (χ1) is 7.57. The zero-order valence-electron chi connectivity index (χ0n) is 10.5. The van der Waals surface area contributed by atoms with Gasteiger partial charge in [-0.1, -0.05) is 20.4 Å². The molecule has 0 aliphatic carbocycles. The van der Waals surface area contributed by atoms with E-state index in [1.54, 1.807) is 6.92 Å². The highest BCUT2D eigenvalue weighted by Gasteiger charge is 2.07. The van der Waals surface area contributed by atoms with Crippen LogP contribution in [0.4, 0.5) is 0 Å². The third-order valence-corrected chi connectivity index (χ3v) is 1.66. The van der Waals surface area contributed by atoms with Crippen LogP contribution >= 0.6 is 0 Å². The summed E-state index contributed by atoms with van der Waals surface area (Å²) in [5.41, 5.74) is 0.339. The Labute approximate surface area is 97.6 Å². The normalized spacial score (nSPS) is 10.5. The molecule has 0 unspecified atom stereocenters. The molecule has 4 nitrogen and oxygen atoms in total. The first kappa shape index (κ1) is 15.1. The van der Waals surface area contributed by atoms with Crippen LogP contribution in [-0.2, 0) is 19.0 Å². The average molecular weight is 230 g/mol. The number of hydrogen-bond donors (Lipinski definition) is 0. The van der Waals surface area contributed by atoms with E-state index in [-0.39, 0.29) is 6.61 Å². The molecule has 0 aliphatic rings. The first-order valence-electron chi connectivity index (χ1n) is 5.58. The van der Waals surface area contributed by atoms with Gasteiger partial charge in [0.1, 0.15) is 0 Å². The van der Waals surface area contributed by atoms with E-state index >= 15 is 0 Å². The predicted octanol–water partition coefficient (Wildman–Crippen LogP) is 1.79. The Morgan fingerprint density at radius 3 is 2.44 bits per heavy atom. The molecule has 0 atom stereocenters. The summed E-state index contributed by atoms with van der Waals surface area (Å²) in [4.78, 5) is 11.1. The van der Waals surface area contributed by atoms with Gasteiger partial charge in [0.25, 0.3) is 0 Å². The summed E-state index contributed by atoms with van der Waals surface area (Å²) in [7, 11) is 0. The second-order valence-electron chi connectivity index (χ2n) is 3.85. The minimum absolute atomic E-state index is 0.198. The van der Waals surface area contributed by atoms with Gasteiger partial charge in [-0.25, -0.2) is 4.79 Å². The Morgan fingerprint density at radius 1 is 1.25 bits per heavy atom. The standard InChI is InChI=1S/C12H22O4/c1-5-16-12(13)11(4)9-15-7-6-14-8-10(2)3/h10H,4-9H2,1-3H3. The Balaban J connectivity index is 3.38. The molecular formula is C12H22O4. The van der Waals surface area contributed by atoms with E-state index in [1.165, 1.54) is 0 Å². The second-order valence-corrected chi connectivity index (χ2v) is 3.85. The lowest BCUT2D eigenvalue weighted by atomic mass is 10.2. The quantitative estimate of drug-likeness (QED) is 0.344. The van der Waals surface area contributed by atoms with Gasteiger partial charge in [-0.2, -0.15) is 0 Å². The lowest BCUT2D eigenvalue weighted by molar-refractivity contribution is -0.139. The summed E-state index contributed by atoms with van der Waals surface area (Å²) >= 11 is 0. The minimum Gasteiger partial charge on any atom is -0.463 e. The molecule has 0 bridgehead atoms. The van der Waals surface area contributed by atoms with Crippen molar-refractivity contribution in [3.8, 4) is 0 Å². The van der Waals surface area contributed by atoms with Crippen molar-refractivity contribution in [2.24, 2.45) is 5.92 Å². The van der Waals surface area contributed by atoms with E-state index < -0.39 is 5.97 Å². The van der Waals surface area contributed by atoms with Crippen molar-refractivity contribution in [3.05, 3.63) is 12.2 Å². The van der Waals surface area contributed by atoms with Crippen molar-refractivity contribution in [2.45, 2.75) is 20.8 Å². The van der Waals surface area contributed by atoms with Gasteiger partial charge in [0.05, 0.1) is 32.0 Å². The minimum atomic E-state index is -0.398.